The van der Waals surface area contributed by atoms with Gasteiger partial charge < -0.3 is 0 Å². The minimum Gasteiger partial charge on any atom is -0.248 e. The van der Waals surface area contributed by atoms with Gasteiger partial charge in [-0.05, 0) is 60.3 Å². The van der Waals surface area contributed by atoms with Gasteiger partial charge in [0, 0.05) is 12.0 Å². The second-order valence-electron chi connectivity index (χ2n) is 7.11. The van der Waals surface area contributed by atoms with Crippen molar-refractivity contribution in [1.82, 2.24) is 0 Å². The summed E-state index contributed by atoms with van der Waals surface area (Å²) in [5.41, 5.74) is 3.86. The van der Waals surface area contributed by atoms with E-state index in [0.717, 1.165) is 28.7 Å². The average Bonchev–Trinajstić information content (AvgIpc) is 2.69. The van der Waals surface area contributed by atoms with Crippen molar-refractivity contribution in [3.8, 4) is 11.1 Å². The molecule has 28 heavy (non-hydrogen) atoms. The topological polar surface area (TPSA) is 23.9 Å². The molecule has 0 spiro atoms. The monoisotopic (exact) mass is 393 g/mol. The summed E-state index contributed by atoms with van der Waals surface area (Å²) in [7, 11) is 0. The van der Waals surface area contributed by atoms with Crippen molar-refractivity contribution >= 4 is 17.4 Å². The van der Waals surface area contributed by atoms with Gasteiger partial charge in [0.2, 0.25) is 0 Å². The zero-order valence-corrected chi connectivity index (χ0v) is 17.5. The van der Waals surface area contributed by atoms with Crippen LogP contribution in [0, 0.1) is 12.3 Å². The maximum atomic E-state index is 15.7. The molecule has 0 fully saturated rings. The maximum Gasteiger partial charge on any atom is 0.158 e. The summed E-state index contributed by atoms with van der Waals surface area (Å²) in [5, 5.41) is 7.36. The van der Waals surface area contributed by atoms with E-state index in [-0.39, 0.29) is 0 Å². The van der Waals surface area contributed by atoms with Gasteiger partial charge in [0.15, 0.2) is 5.67 Å². The summed E-state index contributed by atoms with van der Waals surface area (Å²) in [6, 6.07) is 14.7. The lowest BCUT2D eigenvalue weighted by atomic mass is 9.81. The number of allylic oxidation sites excluding steroid dienone is 4. The van der Waals surface area contributed by atoms with E-state index >= 15 is 4.39 Å². The lowest BCUT2D eigenvalue weighted by Gasteiger charge is -2.27. The van der Waals surface area contributed by atoms with E-state index in [9.17, 15) is 0 Å². The molecule has 0 aromatic heterocycles. The molecule has 1 aliphatic rings. The molecule has 0 amide bonds. The number of nitrogens with one attached hydrogen (secondary N) is 1. The van der Waals surface area contributed by atoms with Gasteiger partial charge in [-0.1, -0.05) is 80.5 Å². The Morgan fingerprint density at radius 1 is 1.14 bits per heavy atom. The molecule has 2 aromatic carbocycles. The molecule has 1 aliphatic carbocycles. The van der Waals surface area contributed by atoms with Crippen molar-refractivity contribution in [1.29, 1.82) is 5.41 Å². The largest absolute Gasteiger partial charge is 0.248 e. The predicted molar refractivity (Wildman–Crippen MR) is 121 cm³/mol. The molecule has 0 aliphatic heterocycles. The van der Waals surface area contributed by atoms with Gasteiger partial charge in [-0.15, -0.1) is 0 Å². The van der Waals surface area contributed by atoms with E-state index in [2.05, 4.69) is 49.5 Å². The maximum absolute atomic E-state index is 15.7. The molecular formula is C25H28FNS. The first-order valence-electron chi connectivity index (χ1n) is 9.82. The number of thiocarbonyl (C=S) groups is 1. The molecule has 1 atom stereocenters. The molecule has 0 radical (unpaired) electrons. The van der Waals surface area contributed by atoms with E-state index in [1.54, 1.807) is 11.2 Å². The Labute approximate surface area is 173 Å². The Morgan fingerprint density at radius 3 is 2.57 bits per heavy atom. The van der Waals surface area contributed by atoms with E-state index in [1.807, 2.05) is 37.3 Å². The smallest absolute Gasteiger partial charge is 0.158 e. The summed E-state index contributed by atoms with van der Waals surface area (Å²) in [5.74, 6) is 0. The fourth-order valence-corrected chi connectivity index (χ4v) is 3.71. The molecule has 3 heteroatoms. The molecule has 0 saturated heterocycles. The normalized spacial score (nSPS) is 17.5. The van der Waals surface area contributed by atoms with Gasteiger partial charge in [0.25, 0.3) is 0 Å². The average molecular weight is 394 g/mol. The minimum absolute atomic E-state index is 0.400. The third-order valence-electron chi connectivity index (χ3n) is 5.02. The van der Waals surface area contributed by atoms with E-state index in [0.29, 0.717) is 6.42 Å². The molecule has 0 saturated carbocycles. The molecule has 1 unspecified atom stereocenters. The Bertz CT molecular complexity index is 878. The lowest BCUT2D eigenvalue weighted by Crippen LogP contribution is -2.20. The van der Waals surface area contributed by atoms with Gasteiger partial charge >= 0.3 is 0 Å². The van der Waals surface area contributed by atoms with Crippen molar-refractivity contribution < 1.29 is 4.39 Å². The molecule has 146 valence electrons. The SMILES string of the molecule is CCCCCc1cccc(-c2cccc(C)c2C2(F)C=CC=CC2)c1.N=C=S. The molecule has 3 rings (SSSR count). The number of halogens is 1. The third kappa shape index (κ3) is 5.58. The Balaban J connectivity index is 0.000000878. The fraction of sp³-hybridized carbons (Fsp3) is 0.320. The second-order valence-corrected chi connectivity index (χ2v) is 7.32. The summed E-state index contributed by atoms with van der Waals surface area (Å²) in [6.45, 7) is 4.24. The molecule has 2 aromatic rings. The first-order valence-corrected chi connectivity index (χ1v) is 10.2. The second kappa shape index (κ2) is 10.8. The zero-order valence-electron chi connectivity index (χ0n) is 16.7. The highest BCUT2D eigenvalue weighted by Crippen LogP contribution is 2.42. The van der Waals surface area contributed by atoms with Crippen LogP contribution in [-0.2, 0) is 12.1 Å². The van der Waals surface area contributed by atoms with Gasteiger partial charge in [-0.3, -0.25) is 0 Å². The minimum atomic E-state index is -1.42. The van der Waals surface area contributed by atoms with E-state index in [4.69, 9.17) is 5.41 Å². The number of isothiocyanates is 1. The summed E-state index contributed by atoms with van der Waals surface area (Å²) < 4.78 is 15.7. The van der Waals surface area contributed by atoms with Crippen LogP contribution in [0.1, 0.15) is 49.3 Å². The quantitative estimate of drug-likeness (QED) is 0.303. The van der Waals surface area contributed by atoms with Crippen LogP contribution >= 0.6 is 12.2 Å². The first kappa shape index (κ1) is 21.9. The Morgan fingerprint density at radius 2 is 1.89 bits per heavy atom. The van der Waals surface area contributed by atoms with Crippen LogP contribution < -0.4 is 0 Å². The number of rotatable bonds is 6. The van der Waals surface area contributed by atoms with Crippen LogP contribution in [0.4, 0.5) is 4.39 Å². The molecular weight excluding hydrogens is 365 g/mol. The number of hydrogen-bond donors (Lipinski definition) is 1. The number of hydrogen-bond acceptors (Lipinski definition) is 2. The molecule has 1 N–H and O–H groups in total. The highest BCUT2D eigenvalue weighted by molar-refractivity contribution is 7.78. The first-order chi connectivity index (χ1) is 13.6. The van der Waals surface area contributed by atoms with Crippen molar-refractivity contribution in [2.75, 3.05) is 0 Å². The molecule has 0 bridgehead atoms. The van der Waals surface area contributed by atoms with Gasteiger partial charge in [0.1, 0.15) is 0 Å². The van der Waals surface area contributed by atoms with Gasteiger partial charge in [-0.2, -0.15) is 0 Å². The van der Waals surface area contributed by atoms with E-state index in [1.165, 1.54) is 24.8 Å². The van der Waals surface area contributed by atoms with Crippen LogP contribution in [0.25, 0.3) is 11.1 Å². The summed E-state index contributed by atoms with van der Waals surface area (Å²) in [6.07, 6.45) is 12.5. The highest BCUT2D eigenvalue weighted by Gasteiger charge is 2.32. The highest BCUT2D eigenvalue weighted by atomic mass is 32.1. The van der Waals surface area contributed by atoms with Crippen LogP contribution in [0.15, 0.2) is 66.8 Å². The molecule has 1 nitrogen and oxygen atoms in total. The predicted octanol–water partition coefficient (Wildman–Crippen LogP) is 7.74. The fourth-order valence-electron chi connectivity index (χ4n) is 3.71. The molecule has 0 heterocycles. The lowest BCUT2D eigenvalue weighted by molar-refractivity contribution is 0.235. The van der Waals surface area contributed by atoms with Crippen molar-refractivity contribution in [3.63, 3.8) is 0 Å². The van der Waals surface area contributed by atoms with Crippen LogP contribution in [0.3, 0.4) is 0 Å². The van der Waals surface area contributed by atoms with Gasteiger partial charge in [-0.25, -0.2) is 9.80 Å². The zero-order chi connectivity index (χ0) is 20.4. The van der Waals surface area contributed by atoms with Crippen LogP contribution in [0.2, 0.25) is 0 Å². The van der Waals surface area contributed by atoms with Crippen molar-refractivity contribution in [2.45, 2.75) is 51.6 Å². The van der Waals surface area contributed by atoms with Crippen LogP contribution in [-0.4, -0.2) is 5.16 Å². The number of alkyl halides is 1. The number of aryl methyl sites for hydroxylation is 2. The van der Waals surface area contributed by atoms with Crippen molar-refractivity contribution in [3.05, 3.63) is 83.5 Å². The number of benzene rings is 2. The number of unbranched alkanes of at least 4 members (excludes halogenated alkanes) is 2. The summed E-state index contributed by atoms with van der Waals surface area (Å²) >= 11 is 3.81. The van der Waals surface area contributed by atoms with Gasteiger partial charge in [0.05, 0.1) is 5.16 Å². The Kier molecular flexibility index (Phi) is 8.50. The Hall–Kier alpha value is -2.35. The van der Waals surface area contributed by atoms with E-state index < -0.39 is 5.67 Å². The summed E-state index contributed by atoms with van der Waals surface area (Å²) in [4.78, 5) is 0. The van der Waals surface area contributed by atoms with Crippen LogP contribution in [0.5, 0.6) is 0 Å². The van der Waals surface area contributed by atoms with Crippen molar-refractivity contribution in [2.24, 2.45) is 0 Å². The standard InChI is InChI=1S/C24H27F.CHNS/c1-3-4-6-12-20-13-10-14-21(18-20)22-15-9-11-19(2)23(22)24(25)16-7-5-8-17-24;2-1-3/h5,7-11,13-16,18H,3-4,6,12,17H2,1-2H3;2H. The third-order valence-corrected chi connectivity index (χ3v) is 5.02.